The Bertz CT molecular complexity index is 932. The smallest absolute Gasteiger partial charge is 0.320 e. The van der Waals surface area contributed by atoms with E-state index in [1.807, 2.05) is 0 Å². The number of hydrogen-bond donors (Lipinski definition) is 2. The molecule has 2 aromatic rings. The van der Waals surface area contributed by atoms with Gasteiger partial charge in [0.25, 0.3) is 0 Å². The number of carboxylic acids is 1. The molecule has 3 heterocycles. The number of halogens is 2. The van der Waals surface area contributed by atoms with Crippen LogP contribution in [-0.4, -0.2) is 56.6 Å². The Kier molecular flexibility index (Phi) is 4.62. The molecule has 1 saturated heterocycles. The molecule has 4 rings (SSSR count). The molecule has 3 atom stereocenters. The van der Waals surface area contributed by atoms with Crippen molar-refractivity contribution in [2.24, 2.45) is 5.92 Å². The standard InChI is InChI=1S/C19H20F2N4O3/c1-24-15(19(27)28)7-12(17(24)11-3-2-4-13(20)16(11)21)18(26)25-6-5-14-10(9-25)8-22-23-14/h2-4,8,12,15,17H,5-7,9H2,1H3,(H,22,23)(H,27,28)/t12-,15-,17-/m0/s1. The van der Waals surface area contributed by atoms with Gasteiger partial charge in [0.2, 0.25) is 5.91 Å². The monoisotopic (exact) mass is 390 g/mol. The van der Waals surface area contributed by atoms with Crippen molar-refractivity contribution >= 4 is 11.9 Å². The van der Waals surface area contributed by atoms with Gasteiger partial charge in [0.15, 0.2) is 11.6 Å². The van der Waals surface area contributed by atoms with Crippen LogP contribution >= 0.6 is 0 Å². The second-order valence-corrected chi connectivity index (χ2v) is 7.33. The minimum atomic E-state index is -1.09. The quantitative estimate of drug-likeness (QED) is 0.833. The summed E-state index contributed by atoms with van der Waals surface area (Å²) in [6.07, 6.45) is 2.32. The molecule has 1 amide bonds. The fraction of sp³-hybridized carbons (Fsp3) is 0.421. The number of aromatic amines is 1. The van der Waals surface area contributed by atoms with Crippen LogP contribution in [0.1, 0.15) is 29.3 Å². The maximum Gasteiger partial charge on any atom is 0.320 e. The average Bonchev–Trinajstić information content (AvgIpc) is 3.27. The van der Waals surface area contributed by atoms with Crippen LogP contribution in [0.2, 0.25) is 0 Å². The summed E-state index contributed by atoms with van der Waals surface area (Å²) >= 11 is 0. The van der Waals surface area contributed by atoms with Gasteiger partial charge in [-0.15, -0.1) is 0 Å². The van der Waals surface area contributed by atoms with Crippen molar-refractivity contribution < 1.29 is 23.5 Å². The van der Waals surface area contributed by atoms with E-state index in [-0.39, 0.29) is 17.9 Å². The van der Waals surface area contributed by atoms with Gasteiger partial charge in [0, 0.05) is 36.3 Å². The van der Waals surface area contributed by atoms with E-state index in [0.717, 1.165) is 17.3 Å². The first-order valence-corrected chi connectivity index (χ1v) is 9.07. The minimum Gasteiger partial charge on any atom is -0.480 e. The molecule has 0 aliphatic carbocycles. The third-order valence-corrected chi connectivity index (χ3v) is 5.80. The van der Waals surface area contributed by atoms with E-state index in [2.05, 4.69) is 10.2 Å². The summed E-state index contributed by atoms with van der Waals surface area (Å²) in [7, 11) is 1.53. The van der Waals surface area contributed by atoms with Gasteiger partial charge in [-0.1, -0.05) is 12.1 Å². The highest BCUT2D eigenvalue weighted by atomic mass is 19.2. The molecule has 0 bridgehead atoms. The van der Waals surface area contributed by atoms with Gasteiger partial charge in [-0.05, 0) is 19.5 Å². The number of carbonyl (C=O) groups excluding carboxylic acids is 1. The van der Waals surface area contributed by atoms with Gasteiger partial charge in [0.05, 0.1) is 18.2 Å². The molecule has 0 saturated carbocycles. The Hall–Kier alpha value is -2.81. The molecule has 1 aromatic carbocycles. The Morgan fingerprint density at radius 2 is 2.11 bits per heavy atom. The van der Waals surface area contributed by atoms with Gasteiger partial charge in [-0.2, -0.15) is 5.10 Å². The SMILES string of the molecule is CN1[C@H](C(=O)O)C[C@H](C(=O)N2CCc3[nH]ncc3C2)[C@@H]1c1cccc(F)c1F. The van der Waals surface area contributed by atoms with Crippen LogP contribution in [-0.2, 0) is 22.6 Å². The second kappa shape index (κ2) is 6.97. The molecular weight excluding hydrogens is 370 g/mol. The van der Waals surface area contributed by atoms with E-state index in [0.29, 0.717) is 19.5 Å². The number of nitrogens with zero attached hydrogens (tertiary/aromatic N) is 3. The highest BCUT2D eigenvalue weighted by Crippen LogP contribution is 2.42. The Balaban J connectivity index is 1.68. The topological polar surface area (TPSA) is 89.5 Å². The number of nitrogens with one attached hydrogen (secondary N) is 1. The van der Waals surface area contributed by atoms with E-state index in [1.54, 1.807) is 11.1 Å². The summed E-state index contributed by atoms with van der Waals surface area (Å²) in [5, 5.41) is 16.4. The first-order valence-electron chi connectivity index (χ1n) is 9.07. The first kappa shape index (κ1) is 18.5. The molecule has 0 radical (unpaired) electrons. The van der Waals surface area contributed by atoms with Gasteiger partial charge >= 0.3 is 5.97 Å². The van der Waals surface area contributed by atoms with E-state index in [9.17, 15) is 23.5 Å². The molecule has 9 heteroatoms. The number of amides is 1. The maximum atomic E-state index is 14.5. The predicted molar refractivity (Wildman–Crippen MR) is 94.1 cm³/mol. The number of carbonyl (C=O) groups is 2. The van der Waals surface area contributed by atoms with Crippen molar-refractivity contribution in [1.82, 2.24) is 20.0 Å². The van der Waals surface area contributed by atoms with Crippen molar-refractivity contribution in [3.8, 4) is 0 Å². The van der Waals surface area contributed by atoms with E-state index >= 15 is 0 Å². The first-order chi connectivity index (χ1) is 13.4. The number of aliphatic carboxylic acids is 1. The normalized spacial score (nSPS) is 25.0. The van der Waals surface area contributed by atoms with Gasteiger partial charge in [-0.25, -0.2) is 8.78 Å². The molecule has 2 aliphatic heterocycles. The number of benzene rings is 1. The van der Waals surface area contributed by atoms with Gasteiger partial charge in [-0.3, -0.25) is 19.6 Å². The van der Waals surface area contributed by atoms with Gasteiger partial charge < -0.3 is 10.0 Å². The second-order valence-electron chi connectivity index (χ2n) is 7.33. The van der Waals surface area contributed by atoms with Crippen molar-refractivity contribution in [3.63, 3.8) is 0 Å². The lowest BCUT2D eigenvalue weighted by atomic mass is 9.90. The van der Waals surface area contributed by atoms with Crippen LogP contribution in [0.5, 0.6) is 0 Å². The molecule has 148 valence electrons. The highest BCUT2D eigenvalue weighted by molar-refractivity contribution is 5.83. The third kappa shape index (κ3) is 2.95. The van der Waals surface area contributed by atoms with Crippen LogP contribution in [0.3, 0.4) is 0 Å². The molecule has 2 N–H and O–H groups in total. The van der Waals surface area contributed by atoms with Crippen molar-refractivity contribution in [2.45, 2.75) is 31.5 Å². The number of aromatic nitrogens is 2. The number of likely N-dealkylation sites (tertiary alicyclic amines) is 1. The molecule has 1 aromatic heterocycles. The molecule has 7 nitrogen and oxygen atoms in total. The third-order valence-electron chi connectivity index (χ3n) is 5.80. The van der Waals surface area contributed by atoms with E-state index in [4.69, 9.17) is 0 Å². The number of carboxylic acid groups (broad SMARTS) is 1. The van der Waals surface area contributed by atoms with Crippen LogP contribution in [0, 0.1) is 17.6 Å². The van der Waals surface area contributed by atoms with Crippen molar-refractivity contribution in [3.05, 3.63) is 52.9 Å². The fourth-order valence-electron chi connectivity index (χ4n) is 4.35. The molecular formula is C19H20F2N4O3. The van der Waals surface area contributed by atoms with Crippen LogP contribution in [0.25, 0.3) is 0 Å². The number of H-pyrrole nitrogens is 1. The Labute approximate surface area is 159 Å². The highest BCUT2D eigenvalue weighted by Gasteiger charge is 2.49. The number of likely N-dealkylation sites (N-methyl/N-ethyl adjacent to an activating group) is 1. The molecule has 1 fully saturated rings. The molecule has 0 spiro atoms. The molecule has 28 heavy (non-hydrogen) atoms. The summed E-state index contributed by atoms with van der Waals surface area (Å²) in [6.45, 7) is 0.825. The molecule has 0 unspecified atom stereocenters. The number of rotatable bonds is 3. The van der Waals surface area contributed by atoms with Gasteiger partial charge in [0.1, 0.15) is 6.04 Å². The summed E-state index contributed by atoms with van der Waals surface area (Å²) in [4.78, 5) is 28.1. The van der Waals surface area contributed by atoms with Crippen LogP contribution < -0.4 is 0 Å². The summed E-state index contributed by atoms with van der Waals surface area (Å²) in [5.74, 6) is -4.18. The van der Waals surface area contributed by atoms with Crippen LogP contribution in [0.15, 0.2) is 24.4 Å². The zero-order chi connectivity index (χ0) is 20.0. The van der Waals surface area contributed by atoms with E-state index in [1.165, 1.54) is 24.1 Å². The van der Waals surface area contributed by atoms with Crippen molar-refractivity contribution in [1.29, 1.82) is 0 Å². The van der Waals surface area contributed by atoms with E-state index < -0.39 is 35.6 Å². The lowest BCUT2D eigenvalue weighted by molar-refractivity contribution is -0.142. The number of hydrogen-bond acceptors (Lipinski definition) is 4. The predicted octanol–water partition coefficient (Wildman–Crippen LogP) is 1.72. The number of fused-ring (bicyclic) bond motifs is 1. The lowest BCUT2D eigenvalue weighted by Crippen LogP contribution is -2.41. The Morgan fingerprint density at radius 1 is 1.32 bits per heavy atom. The lowest BCUT2D eigenvalue weighted by Gasteiger charge is -2.32. The molecule has 2 aliphatic rings. The Morgan fingerprint density at radius 3 is 2.86 bits per heavy atom. The zero-order valence-corrected chi connectivity index (χ0v) is 15.2. The average molecular weight is 390 g/mol. The van der Waals surface area contributed by atoms with Crippen molar-refractivity contribution in [2.75, 3.05) is 13.6 Å². The summed E-state index contributed by atoms with van der Waals surface area (Å²) in [6, 6.07) is 1.99. The summed E-state index contributed by atoms with van der Waals surface area (Å²) in [5.41, 5.74) is 1.89. The minimum absolute atomic E-state index is 0.00519. The largest absolute Gasteiger partial charge is 0.480 e. The zero-order valence-electron chi connectivity index (χ0n) is 15.2. The maximum absolute atomic E-state index is 14.5. The van der Waals surface area contributed by atoms with Crippen LogP contribution in [0.4, 0.5) is 8.78 Å². The summed E-state index contributed by atoms with van der Waals surface area (Å²) < 4.78 is 28.3. The fourth-order valence-corrected chi connectivity index (χ4v) is 4.35.